The molecule has 3 heterocycles. The molecule has 0 unspecified atom stereocenters. The van der Waals surface area contributed by atoms with Gasteiger partial charge in [0.05, 0.1) is 6.26 Å². The normalized spacial score (nSPS) is 14.0. The smallest absolute Gasteiger partial charge is 0.339 e. The minimum absolute atomic E-state index is 0.112. The van der Waals surface area contributed by atoms with Crippen LogP contribution in [-0.4, -0.2) is 24.2 Å². The summed E-state index contributed by atoms with van der Waals surface area (Å²) >= 11 is 0. The molecular formula is C26H25NO5. The summed E-state index contributed by atoms with van der Waals surface area (Å²) in [5.74, 6) is -0.940. The molecule has 164 valence electrons. The Hall–Kier alpha value is -3.54. The van der Waals surface area contributed by atoms with Crippen molar-refractivity contribution in [2.45, 2.75) is 39.5 Å². The molecule has 0 amide bonds. The first kappa shape index (κ1) is 20.4. The Balaban J connectivity index is 1.63. The van der Waals surface area contributed by atoms with E-state index >= 15 is 0 Å². The fraction of sp³-hybridized carbons (Fsp3) is 0.308. The Morgan fingerprint density at radius 1 is 1.03 bits per heavy atom. The van der Waals surface area contributed by atoms with Gasteiger partial charge in [0.15, 0.2) is 0 Å². The monoisotopic (exact) mass is 431 g/mol. The van der Waals surface area contributed by atoms with Crippen LogP contribution in [0.5, 0.6) is 0 Å². The van der Waals surface area contributed by atoms with Crippen LogP contribution in [0.25, 0.3) is 33.1 Å². The fourth-order valence-electron chi connectivity index (χ4n) is 4.77. The Morgan fingerprint density at radius 3 is 2.44 bits per heavy atom. The van der Waals surface area contributed by atoms with E-state index in [1.54, 1.807) is 6.26 Å². The van der Waals surface area contributed by atoms with Gasteiger partial charge in [-0.2, -0.15) is 0 Å². The van der Waals surface area contributed by atoms with Gasteiger partial charge in [-0.25, -0.2) is 4.79 Å². The molecule has 0 aliphatic carbocycles. The van der Waals surface area contributed by atoms with Gasteiger partial charge in [0, 0.05) is 52.7 Å². The van der Waals surface area contributed by atoms with Crippen molar-refractivity contribution in [2.24, 2.45) is 0 Å². The van der Waals surface area contributed by atoms with E-state index in [-0.39, 0.29) is 12.8 Å². The topological polar surface area (TPSA) is 83.9 Å². The molecule has 1 aliphatic rings. The maximum Gasteiger partial charge on any atom is 0.339 e. The Labute approximate surface area is 185 Å². The van der Waals surface area contributed by atoms with Crippen molar-refractivity contribution in [3.8, 4) is 11.1 Å². The highest BCUT2D eigenvalue weighted by Crippen LogP contribution is 2.38. The average molecular weight is 431 g/mol. The van der Waals surface area contributed by atoms with Crippen LogP contribution in [0.2, 0.25) is 0 Å². The van der Waals surface area contributed by atoms with Crippen molar-refractivity contribution < 1.29 is 18.7 Å². The first-order valence-corrected chi connectivity index (χ1v) is 11.0. The second-order valence-electron chi connectivity index (χ2n) is 8.53. The van der Waals surface area contributed by atoms with Crippen molar-refractivity contribution in [1.29, 1.82) is 0 Å². The number of hydrogen-bond acceptors (Lipinski definition) is 5. The van der Waals surface area contributed by atoms with Gasteiger partial charge in [-0.1, -0.05) is 12.1 Å². The van der Waals surface area contributed by atoms with Crippen LogP contribution in [0.1, 0.15) is 36.0 Å². The molecule has 0 saturated carbocycles. The number of carboxylic acids is 1. The predicted octanol–water partition coefficient (Wildman–Crippen LogP) is 5.44. The summed E-state index contributed by atoms with van der Waals surface area (Å²) in [5.41, 5.74) is 5.92. The highest BCUT2D eigenvalue weighted by Gasteiger charge is 2.20. The van der Waals surface area contributed by atoms with Crippen molar-refractivity contribution in [3.05, 3.63) is 63.7 Å². The minimum atomic E-state index is -0.940. The third kappa shape index (κ3) is 3.36. The first-order valence-electron chi connectivity index (χ1n) is 11.0. The number of carbonyl (C=O) groups is 1. The number of carboxylic acid groups (broad SMARTS) is 1. The summed E-state index contributed by atoms with van der Waals surface area (Å²) in [5, 5.41) is 10.8. The maximum atomic E-state index is 12.5. The van der Waals surface area contributed by atoms with Crippen LogP contribution in [0, 0.1) is 13.8 Å². The van der Waals surface area contributed by atoms with Gasteiger partial charge in [-0.3, -0.25) is 4.79 Å². The molecule has 2 aromatic heterocycles. The summed E-state index contributed by atoms with van der Waals surface area (Å²) in [4.78, 5) is 25.9. The summed E-state index contributed by atoms with van der Waals surface area (Å²) in [6, 6.07) is 10.5. The number of nitrogens with zero attached hydrogens (tertiary/aromatic N) is 1. The fourth-order valence-corrected chi connectivity index (χ4v) is 4.77. The third-order valence-electron chi connectivity index (χ3n) is 6.58. The summed E-state index contributed by atoms with van der Waals surface area (Å²) in [6.07, 6.45) is 4.26. The van der Waals surface area contributed by atoms with Crippen LogP contribution in [-0.2, 0) is 11.2 Å². The van der Waals surface area contributed by atoms with Crippen molar-refractivity contribution in [1.82, 2.24) is 0 Å². The molecule has 6 heteroatoms. The zero-order valence-electron chi connectivity index (χ0n) is 18.2. The van der Waals surface area contributed by atoms with E-state index in [4.69, 9.17) is 13.9 Å². The molecule has 32 heavy (non-hydrogen) atoms. The summed E-state index contributed by atoms with van der Waals surface area (Å²) in [7, 11) is 0. The van der Waals surface area contributed by atoms with E-state index < -0.39 is 11.6 Å². The lowest BCUT2D eigenvalue weighted by Crippen LogP contribution is -2.17. The van der Waals surface area contributed by atoms with Crippen LogP contribution in [0.3, 0.4) is 0 Å². The second kappa shape index (κ2) is 7.86. The predicted molar refractivity (Wildman–Crippen MR) is 125 cm³/mol. The van der Waals surface area contributed by atoms with Gasteiger partial charge in [-0.15, -0.1) is 0 Å². The molecule has 4 aromatic rings. The number of aliphatic carboxylic acids is 1. The molecule has 0 bridgehead atoms. The quantitative estimate of drug-likeness (QED) is 0.424. The minimum Gasteiger partial charge on any atom is -0.481 e. The van der Waals surface area contributed by atoms with Gasteiger partial charge in [0.1, 0.15) is 11.2 Å². The van der Waals surface area contributed by atoms with Gasteiger partial charge in [0.2, 0.25) is 0 Å². The molecule has 0 atom stereocenters. The molecule has 1 aliphatic heterocycles. The molecular weight excluding hydrogens is 406 g/mol. The number of hydrogen-bond donors (Lipinski definition) is 1. The van der Waals surface area contributed by atoms with Crippen LogP contribution >= 0.6 is 0 Å². The molecule has 1 N–H and O–H groups in total. The van der Waals surface area contributed by atoms with Crippen LogP contribution in [0.15, 0.2) is 50.2 Å². The summed E-state index contributed by atoms with van der Waals surface area (Å²) in [6.45, 7) is 5.95. The number of fused-ring (bicyclic) bond motifs is 2. The lowest BCUT2D eigenvalue weighted by molar-refractivity contribution is -0.136. The van der Waals surface area contributed by atoms with E-state index in [1.165, 1.54) is 18.5 Å². The lowest BCUT2D eigenvalue weighted by Gasteiger charge is -2.17. The van der Waals surface area contributed by atoms with E-state index in [9.17, 15) is 9.59 Å². The zero-order valence-corrected chi connectivity index (χ0v) is 18.2. The van der Waals surface area contributed by atoms with E-state index in [1.807, 2.05) is 19.9 Å². The highest BCUT2D eigenvalue weighted by molar-refractivity contribution is 6.05. The van der Waals surface area contributed by atoms with Gasteiger partial charge in [0.25, 0.3) is 0 Å². The Bertz CT molecular complexity index is 1390. The number of benzene rings is 2. The van der Waals surface area contributed by atoms with Crippen molar-refractivity contribution in [2.75, 3.05) is 18.0 Å². The third-order valence-corrected chi connectivity index (χ3v) is 6.58. The van der Waals surface area contributed by atoms with Gasteiger partial charge < -0.3 is 18.8 Å². The molecule has 0 radical (unpaired) electrons. The van der Waals surface area contributed by atoms with E-state index in [0.29, 0.717) is 16.7 Å². The number of furan rings is 1. The zero-order chi connectivity index (χ0) is 22.4. The molecule has 5 rings (SSSR count). The average Bonchev–Trinajstić information content (AvgIpc) is 3.45. The Morgan fingerprint density at radius 2 is 1.75 bits per heavy atom. The van der Waals surface area contributed by atoms with Crippen LogP contribution < -0.4 is 10.5 Å². The first-order chi connectivity index (χ1) is 15.4. The van der Waals surface area contributed by atoms with Gasteiger partial charge in [-0.05, 0) is 62.4 Å². The largest absolute Gasteiger partial charge is 0.481 e. The SMILES string of the molecule is Cc1c(CCC(=O)O)c(=O)oc2c(C)c3occ(-c4ccc(N5CCCC5)cc4)c3cc12. The highest BCUT2D eigenvalue weighted by atomic mass is 16.4. The standard InChI is InChI=1S/C26H25NO5/c1-15-19(9-10-23(28)29)26(30)32-25-16(2)24-21(13-20(15)25)22(14-31-24)17-5-7-18(8-6-17)27-11-3-4-12-27/h5-8,13-14H,3-4,9-12H2,1-2H3,(H,28,29). The van der Waals surface area contributed by atoms with Crippen LogP contribution in [0.4, 0.5) is 5.69 Å². The molecule has 6 nitrogen and oxygen atoms in total. The van der Waals surface area contributed by atoms with Gasteiger partial charge >= 0.3 is 11.6 Å². The van der Waals surface area contributed by atoms with Crippen molar-refractivity contribution >= 4 is 33.6 Å². The van der Waals surface area contributed by atoms with Crippen molar-refractivity contribution in [3.63, 3.8) is 0 Å². The van der Waals surface area contributed by atoms with E-state index in [2.05, 4.69) is 29.2 Å². The van der Waals surface area contributed by atoms with E-state index in [0.717, 1.165) is 46.1 Å². The number of anilines is 1. The molecule has 1 fully saturated rings. The number of aryl methyl sites for hydroxylation is 2. The molecule has 1 saturated heterocycles. The summed E-state index contributed by atoms with van der Waals surface area (Å²) < 4.78 is 11.5. The maximum absolute atomic E-state index is 12.5. The Kier molecular flexibility index (Phi) is 5.00. The lowest BCUT2D eigenvalue weighted by atomic mass is 9.96. The second-order valence-corrected chi connectivity index (χ2v) is 8.53. The molecule has 0 spiro atoms. The molecule has 2 aromatic carbocycles. The number of rotatable bonds is 5.